The summed E-state index contributed by atoms with van der Waals surface area (Å²) in [6.45, 7) is 2.90. The van der Waals surface area contributed by atoms with Gasteiger partial charge in [0.05, 0.1) is 5.02 Å². The van der Waals surface area contributed by atoms with Gasteiger partial charge in [-0.25, -0.2) is 0 Å². The van der Waals surface area contributed by atoms with Crippen LogP contribution in [-0.4, -0.2) is 12.8 Å². The van der Waals surface area contributed by atoms with Crippen molar-refractivity contribution in [1.29, 1.82) is 0 Å². The number of rotatable bonds is 4. The molecule has 0 aliphatic rings. The van der Waals surface area contributed by atoms with Crippen LogP contribution in [0.5, 0.6) is 0 Å². The van der Waals surface area contributed by atoms with E-state index in [0.29, 0.717) is 5.92 Å². The van der Waals surface area contributed by atoms with Gasteiger partial charge in [-0.05, 0) is 42.8 Å². The van der Waals surface area contributed by atoms with Crippen molar-refractivity contribution in [3.05, 3.63) is 28.8 Å². The van der Waals surface area contributed by atoms with Gasteiger partial charge < -0.3 is 5.73 Å². The Morgan fingerprint density at radius 2 is 2.21 bits per heavy atom. The van der Waals surface area contributed by atoms with E-state index in [9.17, 15) is 0 Å². The number of thioether (sulfide) groups is 1. The monoisotopic (exact) mass is 229 g/mol. The van der Waals surface area contributed by atoms with Crippen LogP contribution in [0.25, 0.3) is 0 Å². The molecule has 3 heteroatoms. The minimum atomic E-state index is 0.494. The van der Waals surface area contributed by atoms with Crippen molar-refractivity contribution >= 4 is 23.4 Å². The average Bonchev–Trinajstić information content (AvgIpc) is 2.18. The van der Waals surface area contributed by atoms with Gasteiger partial charge in [0.1, 0.15) is 0 Å². The maximum atomic E-state index is 6.12. The fraction of sp³-hybridized carbons (Fsp3) is 0.455. The van der Waals surface area contributed by atoms with Crippen LogP contribution < -0.4 is 5.73 Å². The van der Waals surface area contributed by atoms with Crippen molar-refractivity contribution in [3.8, 4) is 0 Å². The summed E-state index contributed by atoms with van der Waals surface area (Å²) in [5.41, 5.74) is 6.80. The minimum absolute atomic E-state index is 0.494. The van der Waals surface area contributed by atoms with Gasteiger partial charge in [0.2, 0.25) is 0 Å². The molecule has 14 heavy (non-hydrogen) atoms. The number of hydrogen-bond donors (Lipinski definition) is 1. The normalized spacial score (nSPS) is 12.9. The minimum Gasteiger partial charge on any atom is -0.330 e. The standard InChI is InChI=1S/C11H16ClNS/c1-8(5-6-13)9-3-4-11(14-2)10(12)7-9/h3-4,7-8H,5-6,13H2,1-2H3. The lowest BCUT2D eigenvalue weighted by atomic mass is 9.98. The molecule has 78 valence electrons. The zero-order valence-electron chi connectivity index (χ0n) is 8.59. The molecule has 0 aromatic heterocycles. The van der Waals surface area contributed by atoms with Crippen molar-refractivity contribution in [2.45, 2.75) is 24.2 Å². The Bertz CT molecular complexity index is 301. The van der Waals surface area contributed by atoms with Crippen LogP contribution in [0.4, 0.5) is 0 Å². The molecule has 0 bridgehead atoms. The molecule has 0 saturated heterocycles. The molecular weight excluding hydrogens is 214 g/mol. The van der Waals surface area contributed by atoms with E-state index in [1.54, 1.807) is 11.8 Å². The zero-order chi connectivity index (χ0) is 10.6. The highest BCUT2D eigenvalue weighted by Crippen LogP contribution is 2.29. The lowest BCUT2D eigenvalue weighted by molar-refractivity contribution is 0.690. The molecule has 1 atom stereocenters. The molecule has 1 aromatic rings. The van der Waals surface area contributed by atoms with Gasteiger partial charge in [-0.2, -0.15) is 0 Å². The van der Waals surface area contributed by atoms with E-state index in [2.05, 4.69) is 19.1 Å². The summed E-state index contributed by atoms with van der Waals surface area (Å²) in [6, 6.07) is 6.26. The lowest BCUT2D eigenvalue weighted by Gasteiger charge is -2.11. The number of halogens is 1. The number of nitrogens with two attached hydrogens (primary N) is 1. The third-order valence-corrected chi connectivity index (χ3v) is 3.57. The molecule has 2 N–H and O–H groups in total. The second-order valence-corrected chi connectivity index (χ2v) is 4.63. The van der Waals surface area contributed by atoms with Gasteiger partial charge in [0.25, 0.3) is 0 Å². The first-order chi connectivity index (χ1) is 6.69. The maximum Gasteiger partial charge on any atom is 0.0544 e. The molecule has 0 aliphatic heterocycles. The first-order valence-electron chi connectivity index (χ1n) is 4.72. The van der Waals surface area contributed by atoms with E-state index >= 15 is 0 Å². The SMILES string of the molecule is CSc1ccc(C(C)CCN)cc1Cl. The second kappa shape index (κ2) is 5.64. The van der Waals surface area contributed by atoms with Crippen molar-refractivity contribution in [3.63, 3.8) is 0 Å². The van der Waals surface area contributed by atoms with Gasteiger partial charge in [-0.1, -0.05) is 24.6 Å². The molecule has 0 spiro atoms. The molecule has 1 unspecified atom stereocenters. The van der Waals surface area contributed by atoms with Crippen LogP contribution in [0.3, 0.4) is 0 Å². The van der Waals surface area contributed by atoms with Gasteiger partial charge in [-0.3, -0.25) is 0 Å². The summed E-state index contributed by atoms with van der Waals surface area (Å²) < 4.78 is 0. The van der Waals surface area contributed by atoms with Crippen molar-refractivity contribution in [1.82, 2.24) is 0 Å². The first-order valence-corrected chi connectivity index (χ1v) is 6.32. The summed E-state index contributed by atoms with van der Waals surface area (Å²) in [5.74, 6) is 0.494. The topological polar surface area (TPSA) is 26.0 Å². The largest absolute Gasteiger partial charge is 0.330 e. The second-order valence-electron chi connectivity index (χ2n) is 3.37. The Kier molecular flexibility index (Phi) is 4.79. The Morgan fingerprint density at radius 1 is 1.50 bits per heavy atom. The molecule has 1 rings (SSSR count). The Balaban J connectivity index is 2.85. The van der Waals surface area contributed by atoms with Crippen molar-refractivity contribution in [2.24, 2.45) is 5.73 Å². The van der Waals surface area contributed by atoms with E-state index in [0.717, 1.165) is 22.9 Å². The zero-order valence-corrected chi connectivity index (χ0v) is 10.2. The van der Waals surface area contributed by atoms with E-state index in [4.69, 9.17) is 17.3 Å². The molecule has 0 saturated carbocycles. The smallest absolute Gasteiger partial charge is 0.0544 e. The van der Waals surface area contributed by atoms with Crippen LogP contribution >= 0.6 is 23.4 Å². The number of benzene rings is 1. The average molecular weight is 230 g/mol. The Morgan fingerprint density at radius 3 is 2.71 bits per heavy atom. The van der Waals surface area contributed by atoms with E-state index in [1.165, 1.54) is 5.56 Å². The van der Waals surface area contributed by atoms with E-state index < -0.39 is 0 Å². The fourth-order valence-corrected chi connectivity index (χ4v) is 2.28. The van der Waals surface area contributed by atoms with Gasteiger partial charge in [0, 0.05) is 4.90 Å². The molecular formula is C11H16ClNS. The Labute approximate surface area is 95.0 Å². The summed E-state index contributed by atoms with van der Waals surface area (Å²) in [4.78, 5) is 1.13. The predicted molar refractivity (Wildman–Crippen MR) is 65.3 cm³/mol. The quantitative estimate of drug-likeness (QED) is 0.800. The van der Waals surface area contributed by atoms with Crippen LogP contribution in [-0.2, 0) is 0 Å². The van der Waals surface area contributed by atoms with Gasteiger partial charge in [-0.15, -0.1) is 11.8 Å². The maximum absolute atomic E-state index is 6.12. The summed E-state index contributed by atoms with van der Waals surface area (Å²) in [7, 11) is 0. The molecule has 0 aliphatic carbocycles. The highest BCUT2D eigenvalue weighted by Gasteiger charge is 2.06. The van der Waals surface area contributed by atoms with Gasteiger partial charge >= 0.3 is 0 Å². The first kappa shape index (κ1) is 11.9. The third kappa shape index (κ3) is 2.91. The predicted octanol–water partition coefficient (Wildman–Crippen LogP) is 3.51. The highest BCUT2D eigenvalue weighted by molar-refractivity contribution is 7.98. The van der Waals surface area contributed by atoms with Crippen LogP contribution in [0.1, 0.15) is 24.8 Å². The van der Waals surface area contributed by atoms with Gasteiger partial charge in [0.15, 0.2) is 0 Å². The van der Waals surface area contributed by atoms with Crippen molar-refractivity contribution < 1.29 is 0 Å². The lowest BCUT2D eigenvalue weighted by Crippen LogP contribution is -2.04. The van der Waals surface area contributed by atoms with Crippen molar-refractivity contribution in [2.75, 3.05) is 12.8 Å². The molecule has 0 radical (unpaired) electrons. The summed E-state index contributed by atoms with van der Waals surface area (Å²) in [6.07, 6.45) is 3.04. The summed E-state index contributed by atoms with van der Waals surface area (Å²) >= 11 is 7.79. The van der Waals surface area contributed by atoms with Crippen LogP contribution in [0.15, 0.2) is 23.1 Å². The van der Waals surface area contributed by atoms with Crippen LogP contribution in [0, 0.1) is 0 Å². The Hall–Kier alpha value is -0.180. The molecule has 0 amide bonds. The van der Waals surface area contributed by atoms with Crippen LogP contribution in [0.2, 0.25) is 5.02 Å². The molecule has 1 aromatic carbocycles. The molecule has 0 fully saturated rings. The molecule has 1 nitrogen and oxygen atoms in total. The number of hydrogen-bond acceptors (Lipinski definition) is 2. The molecule has 0 heterocycles. The van der Waals surface area contributed by atoms with E-state index in [1.807, 2.05) is 12.3 Å². The third-order valence-electron chi connectivity index (χ3n) is 2.34. The highest BCUT2D eigenvalue weighted by atomic mass is 35.5. The summed E-state index contributed by atoms with van der Waals surface area (Å²) in [5, 5.41) is 0.846. The van der Waals surface area contributed by atoms with E-state index in [-0.39, 0.29) is 0 Å². The fourth-order valence-electron chi connectivity index (χ4n) is 1.41.